The summed E-state index contributed by atoms with van der Waals surface area (Å²) in [5.41, 5.74) is 0. The van der Waals surface area contributed by atoms with Crippen molar-refractivity contribution in [3.8, 4) is 0 Å². The Kier molecular flexibility index (Phi) is 53.0. The molecule has 6 nitrogen and oxygen atoms in total. The minimum atomic E-state index is -0.823. The molecular weight excluding hydrogens is 853 g/mol. The zero-order valence-corrected chi connectivity index (χ0v) is 44.5. The summed E-state index contributed by atoms with van der Waals surface area (Å²) in [6, 6.07) is 0. The van der Waals surface area contributed by atoms with Gasteiger partial charge in [0.05, 0.1) is 0 Å². The summed E-state index contributed by atoms with van der Waals surface area (Å²) in [5, 5.41) is 0. The van der Waals surface area contributed by atoms with Crippen molar-refractivity contribution in [2.75, 3.05) is 13.2 Å². The van der Waals surface area contributed by atoms with Crippen LogP contribution in [0, 0.1) is 0 Å². The van der Waals surface area contributed by atoms with E-state index in [9.17, 15) is 14.4 Å². The standard InChI is InChI=1S/C63H102O6/c1-4-7-10-13-16-19-22-25-27-28-29-30-31-32-33-34-36-38-41-44-47-50-53-56-62(65)68-59-60(58-67-61(64)55-52-49-46-43-40-37-24-21-18-15-12-9-6-3)69-63(66)57-54-51-48-45-42-39-35-26-23-20-17-14-11-8-5-2/h8-9,11-12,17-18,20-22,25-26,28-29,31-32,35,37,40,46,49,60H,4-7,10,13-16,19,23-24,27,30,33-34,36,38-39,41-45,47-48,50-59H2,1-3H3/b11-8-,12-9-,20-17-,21-18-,25-22-,29-28-,32-31-,35-26-,40-37-,49-46-. The lowest BCUT2D eigenvalue weighted by molar-refractivity contribution is -0.166. The molecule has 0 aliphatic heterocycles. The third-order valence-corrected chi connectivity index (χ3v) is 11.4. The van der Waals surface area contributed by atoms with Crippen molar-refractivity contribution in [1.82, 2.24) is 0 Å². The van der Waals surface area contributed by atoms with Gasteiger partial charge in [-0.05, 0) is 116 Å². The Bertz CT molecular complexity index is 1470. The Hall–Kier alpha value is -4.19. The van der Waals surface area contributed by atoms with Crippen LogP contribution in [0.3, 0.4) is 0 Å². The molecule has 0 fully saturated rings. The molecule has 0 spiro atoms. The van der Waals surface area contributed by atoms with E-state index in [0.717, 1.165) is 122 Å². The molecule has 0 amide bonds. The molecule has 0 N–H and O–H groups in total. The zero-order valence-electron chi connectivity index (χ0n) is 44.5. The number of carbonyl (C=O) groups is 3. The van der Waals surface area contributed by atoms with Gasteiger partial charge in [0.25, 0.3) is 0 Å². The first-order valence-electron chi connectivity index (χ1n) is 28.0. The highest BCUT2D eigenvalue weighted by atomic mass is 16.6. The van der Waals surface area contributed by atoms with Crippen molar-refractivity contribution in [2.24, 2.45) is 0 Å². The normalized spacial score (nSPS) is 13.0. The minimum absolute atomic E-state index is 0.114. The summed E-state index contributed by atoms with van der Waals surface area (Å²) in [6.45, 7) is 6.31. The van der Waals surface area contributed by atoms with Gasteiger partial charge >= 0.3 is 17.9 Å². The molecule has 0 aliphatic rings. The van der Waals surface area contributed by atoms with Crippen LogP contribution < -0.4 is 0 Å². The maximum Gasteiger partial charge on any atom is 0.306 e. The quantitative estimate of drug-likeness (QED) is 0.0262. The zero-order chi connectivity index (χ0) is 50.0. The van der Waals surface area contributed by atoms with Crippen LogP contribution in [-0.2, 0) is 28.6 Å². The highest BCUT2D eigenvalue weighted by molar-refractivity contribution is 5.71. The van der Waals surface area contributed by atoms with Gasteiger partial charge in [-0.3, -0.25) is 14.4 Å². The lowest BCUT2D eigenvalue weighted by Crippen LogP contribution is -2.30. The summed E-state index contributed by atoms with van der Waals surface area (Å²) in [5.74, 6) is -1.03. The predicted molar refractivity (Wildman–Crippen MR) is 297 cm³/mol. The Morgan fingerprint density at radius 2 is 0.594 bits per heavy atom. The van der Waals surface area contributed by atoms with Gasteiger partial charge in [-0.25, -0.2) is 0 Å². The summed E-state index contributed by atoms with van der Waals surface area (Å²) in [6.07, 6.45) is 77.8. The van der Waals surface area contributed by atoms with Crippen LogP contribution in [0.25, 0.3) is 0 Å². The van der Waals surface area contributed by atoms with Crippen molar-refractivity contribution >= 4 is 17.9 Å². The number of esters is 3. The van der Waals surface area contributed by atoms with E-state index in [-0.39, 0.29) is 44.0 Å². The third-order valence-electron chi connectivity index (χ3n) is 11.4. The van der Waals surface area contributed by atoms with E-state index >= 15 is 0 Å². The molecular formula is C63H102O6. The molecule has 6 heteroatoms. The molecule has 1 unspecified atom stereocenters. The van der Waals surface area contributed by atoms with Crippen LogP contribution in [0.2, 0.25) is 0 Å². The van der Waals surface area contributed by atoms with Gasteiger partial charge in [0.2, 0.25) is 0 Å². The number of unbranched alkanes of at least 4 members (excludes halogenated alkanes) is 18. The fraction of sp³-hybridized carbons (Fsp3) is 0.635. The maximum atomic E-state index is 12.8. The van der Waals surface area contributed by atoms with Crippen molar-refractivity contribution in [2.45, 2.75) is 245 Å². The van der Waals surface area contributed by atoms with Crippen molar-refractivity contribution in [1.29, 1.82) is 0 Å². The van der Waals surface area contributed by atoms with Crippen molar-refractivity contribution in [3.05, 3.63) is 122 Å². The topological polar surface area (TPSA) is 78.9 Å². The lowest BCUT2D eigenvalue weighted by atomic mass is 10.1. The molecule has 0 aliphatic carbocycles. The molecule has 0 bridgehead atoms. The number of allylic oxidation sites excluding steroid dienone is 20. The summed E-state index contributed by atoms with van der Waals surface area (Å²) in [7, 11) is 0. The minimum Gasteiger partial charge on any atom is -0.462 e. The highest BCUT2D eigenvalue weighted by Crippen LogP contribution is 2.14. The Labute approximate surface area is 424 Å². The van der Waals surface area contributed by atoms with E-state index in [2.05, 4.69) is 130 Å². The van der Waals surface area contributed by atoms with Crippen LogP contribution in [0.1, 0.15) is 239 Å². The van der Waals surface area contributed by atoms with E-state index in [1.54, 1.807) is 0 Å². The van der Waals surface area contributed by atoms with E-state index in [0.29, 0.717) is 12.8 Å². The first-order valence-corrected chi connectivity index (χ1v) is 28.0. The molecule has 0 aromatic rings. The molecule has 0 saturated carbocycles. The fourth-order valence-corrected chi connectivity index (χ4v) is 7.30. The molecule has 0 saturated heterocycles. The van der Waals surface area contributed by atoms with E-state index in [4.69, 9.17) is 14.2 Å². The average Bonchev–Trinajstić information content (AvgIpc) is 3.35. The second-order valence-corrected chi connectivity index (χ2v) is 18.1. The highest BCUT2D eigenvalue weighted by Gasteiger charge is 2.19. The molecule has 0 heterocycles. The summed E-state index contributed by atoms with van der Waals surface area (Å²) < 4.78 is 16.7. The van der Waals surface area contributed by atoms with Crippen LogP contribution in [-0.4, -0.2) is 37.2 Å². The van der Waals surface area contributed by atoms with E-state index < -0.39 is 6.10 Å². The fourth-order valence-electron chi connectivity index (χ4n) is 7.30. The van der Waals surface area contributed by atoms with Crippen molar-refractivity contribution in [3.63, 3.8) is 0 Å². The van der Waals surface area contributed by atoms with Crippen LogP contribution in [0.5, 0.6) is 0 Å². The first kappa shape index (κ1) is 64.8. The largest absolute Gasteiger partial charge is 0.462 e. The average molecular weight is 956 g/mol. The van der Waals surface area contributed by atoms with Gasteiger partial charge in [-0.1, -0.05) is 226 Å². The van der Waals surface area contributed by atoms with Crippen molar-refractivity contribution < 1.29 is 28.6 Å². The molecule has 0 aromatic heterocycles. The second-order valence-electron chi connectivity index (χ2n) is 18.1. The third kappa shape index (κ3) is 54.6. The summed E-state index contributed by atoms with van der Waals surface area (Å²) in [4.78, 5) is 38.1. The van der Waals surface area contributed by atoms with Gasteiger partial charge in [-0.15, -0.1) is 0 Å². The number of ether oxygens (including phenoxy) is 3. The molecule has 390 valence electrons. The van der Waals surface area contributed by atoms with Gasteiger partial charge in [0.15, 0.2) is 6.10 Å². The Morgan fingerprint density at radius 3 is 0.971 bits per heavy atom. The number of rotatable bonds is 49. The van der Waals surface area contributed by atoms with E-state index in [1.807, 2.05) is 12.2 Å². The molecule has 69 heavy (non-hydrogen) atoms. The van der Waals surface area contributed by atoms with E-state index in [1.165, 1.54) is 70.6 Å². The smallest absolute Gasteiger partial charge is 0.306 e. The monoisotopic (exact) mass is 955 g/mol. The van der Waals surface area contributed by atoms with Crippen LogP contribution in [0.15, 0.2) is 122 Å². The second kappa shape index (κ2) is 56.4. The van der Waals surface area contributed by atoms with Gasteiger partial charge in [0, 0.05) is 19.3 Å². The number of hydrogen-bond acceptors (Lipinski definition) is 6. The Balaban J connectivity index is 4.44. The van der Waals surface area contributed by atoms with Gasteiger partial charge in [-0.2, -0.15) is 0 Å². The number of carbonyl (C=O) groups excluding carboxylic acids is 3. The maximum absolute atomic E-state index is 12.8. The molecule has 1 atom stereocenters. The van der Waals surface area contributed by atoms with Gasteiger partial charge in [0.1, 0.15) is 13.2 Å². The van der Waals surface area contributed by atoms with Crippen LogP contribution in [0.4, 0.5) is 0 Å². The summed E-state index contributed by atoms with van der Waals surface area (Å²) >= 11 is 0. The predicted octanol–water partition coefficient (Wildman–Crippen LogP) is 18.9. The molecule has 0 radical (unpaired) electrons. The lowest BCUT2D eigenvalue weighted by Gasteiger charge is -2.18. The van der Waals surface area contributed by atoms with Crippen LogP contribution >= 0.6 is 0 Å². The number of hydrogen-bond donors (Lipinski definition) is 0. The molecule has 0 aromatic carbocycles. The van der Waals surface area contributed by atoms with Gasteiger partial charge < -0.3 is 14.2 Å². The SMILES string of the molecule is CC/C=C\C/C=C\C/C=C\C/C=C\CCC(=O)OCC(COC(=O)CCCCCCCCCC/C=C\C/C=C\C/C=C\CCCCCCC)OC(=O)CCCCCCC/C=C\C/C=C\C/C=C\CC. The first-order chi connectivity index (χ1) is 34.0. The molecule has 0 rings (SSSR count). The Morgan fingerprint density at radius 1 is 0.304 bits per heavy atom.